The molecule has 0 radical (unpaired) electrons. The van der Waals surface area contributed by atoms with Gasteiger partial charge in [0.1, 0.15) is 0 Å². The molecule has 0 aliphatic rings. The maximum atomic E-state index is 12.3. The highest BCUT2D eigenvalue weighted by Crippen LogP contribution is 2.28. The number of rotatable bonds is 5. The summed E-state index contributed by atoms with van der Waals surface area (Å²) in [6.45, 7) is 7.95. The Balaban J connectivity index is 2.01. The van der Waals surface area contributed by atoms with E-state index in [1.165, 1.54) is 11.3 Å². The number of ether oxygens (including phenoxy) is 2. The van der Waals surface area contributed by atoms with Gasteiger partial charge in [-0.15, -0.1) is 11.3 Å². The minimum atomic E-state index is -0.659. The maximum Gasteiger partial charge on any atom is 0.266 e. The smallest absolute Gasteiger partial charge is 0.266 e. The van der Waals surface area contributed by atoms with Gasteiger partial charge in [0.05, 0.1) is 12.8 Å². The number of anilines is 1. The number of nitrogens with one attached hydrogen (secondary N) is 1. The normalized spacial score (nSPS) is 12.6. The van der Waals surface area contributed by atoms with Gasteiger partial charge in [0.25, 0.3) is 5.91 Å². The highest BCUT2D eigenvalue weighted by atomic mass is 32.1. The molecule has 1 N–H and O–H groups in total. The second kappa shape index (κ2) is 7.00. The van der Waals surface area contributed by atoms with Crippen LogP contribution in [0.15, 0.2) is 29.6 Å². The molecule has 23 heavy (non-hydrogen) atoms. The molecule has 1 aromatic carbocycles. The summed E-state index contributed by atoms with van der Waals surface area (Å²) in [4.78, 5) is 16.7. The molecular weight excluding hydrogens is 312 g/mol. The van der Waals surface area contributed by atoms with Crippen LogP contribution < -0.4 is 14.8 Å². The van der Waals surface area contributed by atoms with E-state index in [0.29, 0.717) is 16.6 Å². The second-order valence-electron chi connectivity index (χ2n) is 6.19. The van der Waals surface area contributed by atoms with E-state index >= 15 is 0 Å². The minimum Gasteiger partial charge on any atom is -0.493 e. The Bertz CT molecular complexity index is 676. The van der Waals surface area contributed by atoms with Crippen molar-refractivity contribution in [2.24, 2.45) is 0 Å². The van der Waals surface area contributed by atoms with Crippen molar-refractivity contribution in [3.63, 3.8) is 0 Å². The summed E-state index contributed by atoms with van der Waals surface area (Å²) < 4.78 is 10.9. The monoisotopic (exact) mass is 334 g/mol. The van der Waals surface area contributed by atoms with Crippen LogP contribution in [0.4, 0.5) is 5.13 Å². The molecule has 124 valence electrons. The zero-order valence-corrected chi connectivity index (χ0v) is 14.9. The SMILES string of the molecule is COc1ccccc1O[C@H](C)C(=O)Nc1nc(C(C)(C)C)cs1. The van der Waals surface area contributed by atoms with E-state index in [2.05, 4.69) is 31.1 Å². The molecule has 1 atom stereocenters. The fourth-order valence-corrected chi connectivity index (χ4v) is 2.78. The molecule has 1 heterocycles. The van der Waals surface area contributed by atoms with Gasteiger partial charge in [-0.05, 0) is 19.1 Å². The minimum absolute atomic E-state index is 0.0427. The fraction of sp³-hybridized carbons (Fsp3) is 0.412. The Morgan fingerprint density at radius 1 is 1.26 bits per heavy atom. The number of carbonyl (C=O) groups excluding carboxylic acids is 1. The number of hydrogen-bond acceptors (Lipinski definition) is 5. The van der Waals surface area contributed by atoms with Crippen LogP contribution in [0.5, 0.6) is 11.5 Å². The first kappa shape index (κ1) is 17.3. The van der Waals surface area contributed by atoms with E-state index in [1.807, 2.05) is 17.5 Å². The van der Waals surface area contributed by atoms with Gasteiger partial charge in [0, 0.05) is 10.8 Å². The first-order valence-corrected chi connectivity index (χ1v) is 8.26. The number of aromatic nitrogens is 1. The fourth-order valence-electron chi connectivity index (χ4n) is 1.84. The first-order chi connectivity index (χ1) is 10.8. The molecule has 2 rings (SSSR count). The van der Waals surface area contributed by atoms with Crippen molar-refractivity contribution < 1.29 is 14.3 Å². The van der Waals surface area contributed by atoms with E-state index in [4.69, 9.17) is 9.47 Å². The van der Waals surface area contributed by atoms with Crippen molar-refractivity contribution in [2.45, 2.75) is 39.2 Å². The van der Waals surface area contributed by atoms with Gasteiger partial charge in [-0.2, -0.15) is 0 Å². The summed E-state index contributed by atoms with van der Waals surface area (Å²) in [6.07, 6.45) is -0.659. The zero-order valence-electron chi connectivity index (χ0n) is 14.0. The molecular formula is C17H22N2O3S. The van der Waals surface area contributed by atoms with E-state index in [1.54, 1.807) is 26.2 Å². The third-order valence-electron chi connectivity index (χ3n) is 3.24. The summed E-state index contributed by atoms with van der Waals surface area (Å²) in [5, 5.41) is 5.33. The predicted octanol–water partition coefficient (Wildman–Crippen LogP) is 3.86. The number of para-hydroxylation sites is 2. The van der Waals surface area contributed by atoms with E-state index in [9.17, 15) is 4.79 Å². The Morgan fingerprint density at radius 2 is 1.91 bits per heavy atom. The Hall–Kier alpha value is -2.08. The summed E-state index contributed by atoms with van der Waals surface area (Å²) in [6, 6.07) is 7.24. The summed E-state index contributed by atoms with van der Waals surface area (Å²) in [5.41, 5.74) is 0.912. The van der Waals surface area contributed by atoms with Gasteiger partial charge >= 0.3 is 0 Å². The maximum absolute atomic E-state index is 12.3. The molecule has 1 amide bonds. The molecule has 1 aromatic heterocycles. The Morgan fingerprint density at radius 3 is 2.48 bits per heavy atom. The highest BCUT2D eigenvalue weighted by molar-refractivity contribution is 7.13. The molecule has 5 nitrogen and oxygen atoms in total. The molecule has 0 saturated carbocycles. The Labute approximate surface area is 140 Å². The van der Waals surface area contributed by atoms with Crippen molar-refractivity contribution in [3.8, 4) is 11.5 Å². The Kier molecular flexibility index (Phi) is 5.26. The molecule has 2 aromatic rings. The van der Waals surface area contributed by atoms with E-state index < -0.39 is 6.10 Å². The van der Waals surface area contributed by atoms with Crippen LogP contribution in [0.3, 0.4) is 0 Å². The number of nitrogens with zero attached hydrogens (tertiary/aromatic N) is 1. The van der Waals surface area contributed by atoms with Crippen molar-refractivity contribution in [1.82, 2.24) is 4.98 Å². The van der Waals surface area contributed by atoms with Crippen molar-refractivity contribution >= 4 is 22.4 Å². The molecule has 0 spiro atoms. The molecule has 0 saturated heterocycles. The second-order valence-corrected chi connectivity index (χ2v) is 7.05. The van der Waals surface area contributed by atoms with Crippen LogP contribution in [0.25, 0.3) is 0 Å². The van der Waals surface area contributed by atoms with Gasteiger partial charge < -0.3 is 9.47 Å². The van der Waals surface area contributed by atoms with Gasteiger partial charge in [-0.25, -0.2) is 4.98 Å². The van der Waals surface area contributed by atoms with E-state index in [-0.39, 0.29) is 11.3 Å². The van der Waals surface area contributed by atoms with Crippen LogP contribution >= 0.6 is 11.3 Å². The lowest BCUT2D eigenvalue weighted by atomic mass is 9.93. The number of amides is 1. The van der Waals surface area contributed by atoms with E-state index in [0.717, 1.165) is 5.69 Å². The molecule has 0 fully saturated rings. The van der Waals surface area contributed by atoms with Gasteiger partial charge in [-0.1, -0.05) is 32.9 Å². The average Bonchev–Trinajstić information content (AvgIpc) is 2.96. The topological polar surface area (TPSA) is 60.5 Å². The molecule has 0 aliphatic heterocycles. The number of methoxy groups -OCH3 is 1. The third kappa shape index (κ3) is 4.45. The van der Waals surface area contributed by atoms with Crippen LogP contribution in [0.2, 0.25) is 0 Å². The van der Waals surface area contributed by atoms with Crippen LogP contribution in [-0.4, -0.2) is 24.1 Å². The number of carbonyl (C=O) groups is 1. The van der Waals surface area contributed by atoms with Crippen molar-refractivity contribution in [2.75, 3.05) is 12.4 Å². The average molecular weight is 334 g/mol. The first-order valence-electron chi connectivity index (χ1n) is 7.38. The summed E-state index contributed by atoms with van der Waals surface area (Å²) in [5.74, 6) is 0.884. The van der Waals surface area contributed by atoms with Crippen molar-refractivity contribution in [1.29, 1.82) is 0 Å². The number of hydrogen-bond donors (Lipinski definition) is 1. The summed E-state index contributed by atoms with van der Waals surface area (Å²) >= 11 is 1.41. The number of benzene rings is 1. The lowest BCUT2D eigenvalue weighted by molar-refractivity contribution is -0.122. The lowest BCUT2D eigenvalue weighted by Gasteiger charge is -2.16. The predicted molar refractivity (Wildman–Crippen MR) is 92.5 cm³/mol. The van der Waals surface area contributed by atoms with Gasteiger partial charge in [0.2, 0.25) is 0 Å². The van der Waals surface area contributed by atoms with Crippen LogP contribution in [-0.2, 0) is 10.2 Å². The quantitative estimate of drug-likeness (QED) is 0.902. The third-order valence-corrected chi connectivity index (χ3v) is 4.00. The standard InChI is InChI=1S/C17H22N2O3S/c1-11(22-13-9-7-6-8-12(13)21-5)15(20)19-16-18-14(10-23-16)17(2,3)4/h6-11H,1-5H3,(H,18,19,20)/t11-/m1/s1. The van der Waals surface area contributed by atoms with Crippen LogP contribution in [0.1, 0.15) is 33.4 Å². The molecule has 0 aliphatic carbocycles. The zero-order chi connectivity index (χ0) is 17.0. The van der Waals surface area contributed by atoms with Crippen LogP contribution in [0, 0.1) is 0 Å². The van der Waals surface area contributed by atoms with Crippen molar-refractivity contribution in [3.05, 3.63) is 35.3 Å². The van der Waals surface area contributed by atoms with Gasteiger partial charge in [-0.3, -0.25) is 10.1 Å². The largest absolute Gasteiger partial charge is 0.493 e. The highest BCUT2D eigenvalue weighted by Gasteiger charge is 2.21. The summed E-state index contributed by atoms with van der Waals surface area (Å²) in [7, 11) is 1.57. The van der Waals surface area contributed by atoms with Gasteiger partial charge in [0.15, 0.2) is 22.7 Å². The molecule has 0 unspecified atom stereocenters. The number of thiazole rings is 1. The lowest BCUT2D eigenvalue weighted by Crippen LogP contribution is -2.30. The molecule has 6 heteroatoms. The molecule has 0 bridgehead atoms.